The van der Waals surface area contributed by atoms with E-state index in [1.54, 1.807) is 0 Å². The molecule has 1 heterocycles. The van der Waals surface area contributed by atoms with Gasteiger partial charge in [-0.15, -0.1) is 0 Å². The molecule has 1 aliphatic carbocycles. The number of carboxylic acid groups (broad SMARTS) is 1. The molecule has 2 fully saturated rings. The summed E-state index contributed by atoms with van der Waals surface area (Å²) in [5, 5.41) is 8.65. The first kappa shape index (κ1) is 13.1. The molecule has 2 rings (SSSR count). The number of hydrogen-bond donors (Lipinski definition) is 2. The molecule has 1 spiro atoms. The lowest BCUT2D eigenvalue weighted by atomic mass is 10.2. The van der Waals surface area contributed by atoms with Crippen molar-refractivity contribution in [3.63, 3.8) is 0 Å². The maximum atomic E-state index is 10.5. The lowest BCUT2D eigenvalue weighted by molar-refractivity contribution is -0.159. The van der Waals surface area contributed by atoms with Gasteiger partial charge in [0.25, 0.3) is 0 Å². The van der Waals surface area contributed by atoms with Crippen molar-refractivity contribution in [2.75, 3.05) is 18.1 Å². The highest BCUT2D eigenvalue weighted by Crippen LogP contribution is 2.39. The Kier molecular flexibility index (Phi) is 4.30. The lowest BCUT2D eigenvalue weighted by Gasteiger charge is -2.21. The SMILES string of the molecule is NC(CSCC1COC2(CCCC2)O1)C(=O)O. The van der Waals surface area contributed by atoms with Crippen molar-refractivity contribution in [3.05, 3.63) is 0 Å². The van der Waals surface area contributed by atoms with Gasteiger partial charge >= 0.3 is 5.97 Å². The summed E-state index contributed by atoms with van der Waals surface area (Å²) < 4.78 is 11.7. The number of nitrogens with two attached hydrogens (primary N) is 1. The number of aliphatic carboxylic acids is 1. The molecule has 2 atom stereocenters. The second-order valence-corrected chi connectivity index (χ2v) is 5.73. The Labute approximate surface area is 105 Å². The van der Waals surface area contributed by atoms with E-state index in [2.05, 4.69) is 0 Å². The topological polar surface area (TPSA) is 81.8 Å². The minimum absolute atomic E-state index is 0.0825. The number of ether oxygens (including phenoxy) is 2. The normalized spacial score (nSPS) is 28.6. The van der Waals surface area contributed by atoms with Crippen LogP contribution in [-0.4, -0.2) is 47.1 Å². The molecule has 0 amide bonds. The number of carbonyl (C=O) groups is 1. The maximum absolute atomic E-state index is 10.5. The Bertz CT molecular complexity index is 281. The van der Waals surface area contributed by atoms with Crippen LogP contribution in [0, 0.1) is 0 Å². The van der Waals surface area contributed by atoms with Gasteiger partial charge in [0, 0.05) is 24.3 Å². The van der Waals surface area contributed by atoms with Crippen LogP contribution in [0.1, 0.15) is 25.7 Å². The summed E-state index contributed by atoms with van der Waals surface area (Å²) in [5.41, 5.74) is 5.42. The molecule has 98 valence electrons. The van der Waals surface area contributed by atoms with Gasteiger partial charge in [-0.3, -0.25) is 4.79 Å². The zero-order valence-electron chi connectivity index (χ0n) is 9.76. The van der Waals surface area contributed by atoms with Crippen LogP contribution in [0.25, 0.3) is 0 Å². The van der Waals surface area contributed by atoms with E-state index in [-0.39, 0.29) is 11.9 Å². The molecule has 3 N–H and O–H groups in total. The van der Waals surface area contributed by atoms with Crippen LogP contribution < -0.4 is 5.73 Å². The molecular formula is C11H19NO4S. The molecular weight excluding hydrogens is 242 g/mol. The number of rotatable bonds is 5. The molecule has 2 unspecified atom stereocenters. The van der Waals surface area contributed by atoms with Gasteiger partial charge in [-0.05, 0) is 12.8 Å². The lowest BCUT2D eigenvalue weighted by Crippen LogP contribution is -2.33. The third-order valence-corrected chi connectivity index (χ3v) is 4.40. The molecule has 1 saturated heterocycles. The van der Waals surface area contributed by atoms with Crippen LogP contribution in [0.2, 0.25) is 0 Å². The molecule has 0 aromatic carbocycles. The van der Waals surface area contributed by atoms with E-state index >= 15 is 0 Å². The van der Waals surface area contributed by atoms with E-state index in [1.165, 1.54) is 24.6 Å². The van der Waals surface area contributed by atoms with Crippen LogP contribution in [0.4, 0.5) is 0 Å². The first-order valence-electron chi connectivity index (χ1n) is 5.99. The van der Waals surface area contributed by atoms with E-state index in [9.17, 15) is 4.79 Å². The Morgan fingerprint density at radius 3 is 2.88 bits per heavy atom. The highest BCUT2D eigenvalue weighted by atomic mass is 32.2. The molecule has 1 aliphatic heterocycles. The average Bonchev–Trinajstić information content (AvgIpc) is 2.90. The highest BCUT2D eigenvalue weighted by Gasteiger charge is 2.43. The molecule has 2 aliphatic rings. The van der Waals surface area contributed by atoms with Crippen molar-refractivity contribution >= 4 is 17.7 Å². The van der Waals surface area contributed by atoms with Crippen molar-refractivity contribution in [2.24, 2.45) is 5.73 Å². The van der Waals surface area contributed by atoms with Crippen molar-refractivity contribution < 1.29 is 19.4 Å². The fraction of sp³-hybridized carbons (Fsp3) is 0.909. The number of hydrogen-bond acceptors (Lipinski definition) is 5. The Morgan fingerprint density at radius 1 is 1.53 bits per heavy atom. The zero-order valence-corrected chi connectivity index (χ0v) is 10.6. The average molecular weight is 261 g/mol. The fourth-order valence-electron chi connectivity index (χ4n) is 2.27. The smallest absolute Gasteiger partial charge is 0.321 e. The van der Waals surface area contributed by atoms with Crippen molar-refractivity contribution in [1.82, 2.24) is 0 Å². The van der Waals surface area contributed by atoms with Gasteiger partial charge in [-0.1, -0.05) is 0 Å². The van der Waals surface area contributed by atoms with E-state index in [0.717, 1.165) is 18.6 Å². The predicted molar refractivity (Wildman–Crippen MR) is 65.0 cm³/mol. The fourth-order valence-corrected chi connectivity index (χ4v) is 3.23. The Balaban J connectivity index is 1.66. The van der Waals surface area contributed by atoms with Gasteiger partial charge < -0.3 is 20.3 Å². The van der Waals surface area contributed by atoms with Crippen LogP contribution in [0.15, 0.2) is 0 Å². The summed E-state index contributed by atoms with van der Waals surface area (Å²) in [6.45, 7) is 0.620. The largest absolute Gasteiger partial charge is 0.480 e. The molecule has 17 heavy (non-hydrogen) atoms. The van der Waals surface area contributed by atoms with Crippen LogP contribution in [0.3, 0.4) is 0 Å². The third kappa shape index (κ3) is 3.34. The third-order valence-electron chi connectivity index (χ3n) is 3.20. The second kappa shape index (κ2) is 5.56. The van der Waals surface area contributed by atoms with E-state index in [4.69, 9.17) is 20.3 Å². The van der Waals surface area contributed by atoms with Gasteiger partial charge in [0.15, 0.2) is 5.79 Å². The van der Waals surface area contributed by atoms with Gasteiger partial charge in [0.05, 0.1) is 12.7 Å². The molecule has 1 saturated carbocycles. The minimum atomic E-state index is -0.951. The van der Waals surface area contributed by atoms with Gasteiger partial charge in [-0.2, -0.15) is 11.8 Å². The van der Waals surface area contributed by atoms with E-state index in [0.29, 0.717) is 12.4 Å². The van der Waals surface area contributed by atoms with Crippen molar-refractivity contribution in [1.29, 1.82) is 0 Å². The quantitative estimate of drug-likeness (QED) is 0.762. The zero-order chi connectivity index (χ0) is 12.3. The summed E-state index contributed by atoms with van der Waals surface area (Å²) in [6, 6.07) is -0.789. The summed E-state index contributed by atoms with van der Waals surface area (Å²) in [5.74, 6) is -0.0984. The minimum Gasteiger partial charge on any atom is -0.480 e. The van der Waals surface area contributed by atoms with E-state index in [1.807, 2.05) is 0 Å². The molecule has 6 heteroatoms. The van der Waals surface area contributed by atoms with Crippen molar-refractivity contribution in [2.45, 2.75) is 43.6 Å². The number of carboxylic acids is 1. The van der Waals surface area contributed by atoms with Gasteiger partial charge in [-0.25, -0.2) is 0 Å². The summed E-state index contributed by atoms with van der Waals surface area (Å²) in [6.07, 6.45) is 4.40. The first-order valence-corrected chi connectivity index (χ1v) is 7.15. The maximum Gasteiger partial charge on any atom is 0.321 e. The summed E-state index contributed by atoms with van der Waals surface area (Å²) >= 11 is 1.52. The predicted octanol–water partition coefficient (Wildman–Crippen LogP) is 0.817. The number of thioether (sulfide) groups is 1. The monoisotopic (exact) mass is 261 g/mol. The van der Waals surface area contributed by atoms with E-state index < -0.39 is 12.0 Å². The molecule has 5 nitrogen and oxygen atoms in total. The van der Waals surface area contributed by atoms with Crippen molar-refractivity contribution in [3.8, 4) is 0 Å². The molecule has 0 radical (unpaired) electrons. The first-order chi connectivity index (χ1) is 8.11. The van der Waals surface area contributed by atoms with Crippen LogP contribution >= 0.6 is 11.8 Å². The Morgan fingerprint density at radius 2 is 2.24 bits per heavy atom. The van der Waals surface area contributed by atoms with Gasteiger partial charge in [0.1, 0.15) is 6.04 Å². The standard InChI is InChI=1S/C11H19NO4S/c12-9(10(13)14)7-17-6-8-5-15-11(16-8)3-1-2-4-11/h8-9H,1-7,12H2,(H,13,14). The highest BCUT2D eigenvalue weighted by molar-refractivity contribution is 7.99. The van der Waals surface area contributed by atoms with Crippen LogP contribution in [-0.2, 0) is 14.3 Å². The molecule has 0 bridgehead atoms. The molecule has 0 aromatic rings. The van der Waals surface area contributed by atoms with Crippen LogP contribution in [0.5, 0.6) is 0 Å². The van der Waals surface area contributed by atoms with Gasteiger partial charge in [0.2, 0.25) is 0 Å². The summed E-state index contributed by atoms with van der Waals surface area (Å²) in [4.78, 5) is 10.5. The summed E-state index contributed by atoms with van der Waals surface area (Å²) in [7, 11) is 0. The second-order valence-electron chi connectivity index (χ2n) is 4.65. The Hall–Kier alpha value is -0.300. The molecule has 0 aromatic heterocycles.